The van der Waals surface area contributed by atoms with E-state index in [0.29, 0.717) is 11.7 Å². The van der Waals surface area contributed by atoms with Gasteiger partial charge in [0.25, 0.3) is 0 Å². The van der Waals surface area contributed by atoms with Crippen molar-refractivity contribution in [3.05, 3.63) is 28.3 Å². The summed E-state index contributed by atoms with van der Waals surface area (Å²) in [6.45, 7) is 6.84. The molecular formula is C16H22N2O3. The SMILES string of the molecule is CC1(C)C2CCC1(C)C(Oc1cccc(N)c1[N+](=O)[O-])C2. The van der Waals surface area contributed by atoms with Crippen LogP contribution in [0.3, 0.4) is 0 Å². The zero-order valence-electron chi connectivity index (χ0n) is 12.8. The largest absolute Gasteiger partial charge is 0.483 e. The maximum atomic E-state index is 11.2. The molecule has 2 fully saturated rings. The van der Waals surface area contributed by atoms with Gasteiger partial charge in [-0.05, 0) is 42.7 Å². The van der Waals surface area contributed by atoms with Gasteiger partial charge < -0.3 is 10.5 Å². The lowest BCUT2D eigenvalue weighted by Crippen LogP contribution is -2.39. The Balaban J connectivity index is 1.93. The highest BCUT2D eigenvalue weighted by Gasteiger charge is 2.62. The third-order valence-corrected chi connectivity index (χ3v) is 6.20. The van der Waals surface area contributed by atoms with Gasteiger partial charge in [0.05, 0.1) is 4.92 Å². The van der Waals surface area contributed by atoms with Crippen LogP contribution < -0.4 is 10.5 Å². The van der Waals surface area contributed by atoms with Crippen molar-refractivity contribution in [2.24, 2.45) is 16.7 Å². The predicted octanol–water partition coefficient (Wildman–Crippen LogP) is 3.77. The van der Waals surface area contributed by atoms with Gasteiger partial charge in [-0.2, -0.15) is 0 Å². The lowest BCUT2D eigenvalue weighted by molar-refractivity contribution is -0.385. The van der Waals surface area contributed by atoms with E-state index in [4.69, 9.17) is 10.5 Å². The molecule has 0 heterocycles. The lowest BCUT2D eigenvalue weighted by Gasteiger charge is -2.38. The summed E-state index contributed by atoms with van der Waals surface area (Å²) in [4.78, 5) is 10.8. The Labute approximate surface area is 124 Å². The Hall–Kier alpha value is -1.78. The molecule has 0 spiro atoms. The van der Waals surface area contributed by atoms with Gasteiger partial charge in [-0.1, -0.05) is 26.8 Å². The number of hydrogen-bond acceptors (Lipinski definition) is 4. The molecule has 2 bridgehead atoms. The van der Waals surface area contributed by atoms with Crippen LogP contribution in [0.1, 0.15) is 40.0 Å². The molecule has 0 saturated heterocycles. The normalized spacial score (nSPS) is 33.1. The fraction of sp³-hybridized carbons (Fsp3) is 0.625. The first-order chi connectivity index (χ1) is 9.77. The van der Waals surface area contributed by atoms with Crippen molar-refractivity contribution in [1.82, 2.24) is 0 Å². The third-order valence-electron chi connectivity index (χ3n) is 6.20. The fourth-order valence-electron chi connectivity index (χ4n) is 4.29. The Kier molecular flexibility index (Phi) is 2.94. The number of anilines is 1. The molecule has 1 aromatic carbocycles. The Morgan fingerprint density at radius 2 is 2.10 bits per heavy atom. The van der Waals surface area contributed by atoms with E-state index in [0.717, 1.165) is 12.8 Å². The summed E-state index contributed by atoms with van der Waals surface area (Å²) in [6.07, 6.45) is 3.33. The van der Waals surface area contributed by atoms with Crippen molar-refractivity contribution in [2.75, 3.05) is 5.73 Å². The first-order valence-corrected chi connectivity index (χ1v) is 7.47. The van der Waals surface area contributed by atoms with Gasteiger partial charge in [0, 0.05) is 5.41 Å². The molecule has 114 valence electrons. The maximum absolute atomic E-state index is 11.2. The number of nitrogen functional groups attached to an aromatic ring is 1. The van der Waals surface area contributed by atoms with E-state index < -0.39 is 4.92 Å². The van der Waals surface area contributed by atoms with Crippen LogP contribution in [0.4, 0.5) is 11.4 Å². The summed E-state index contributed by atoms with van der Waals surface area (Å²) >= 11 is 0. The quantitative estimate of drug-likeness (QED) is 0.522. The first-order valence-electron chi connectivity index (χ1n) is 7.47. The van der Waals surface area contributed by atoms with E-state index in [2.05, 4.69) is 20.8 Å². The van der Waals surface area contributed by atoms with Gasteiger partial charge in [-0.3, -0.25) is 10.1 Å². The van der Waals surface area contributed by atoms with Crippen LogP contribution in [-0.4, -0.2) is 11.0 Å². The van der Waals surface area contributed by atoms with Gasteiger partial charge in [0.1, 0.15) is 11.8 Å². The molecule has 0 aliphatic heterocycles. The molecule has 1 aromatic rings. The molecular weight excluding hydrogens is 268 g/mol. The monoisotopic (exact) mass is 290 g/mol. The zero-order chi connectivity index (χ0) is 15.4. The minimum absolute atomic E-state index is 0.0201. The highest BCUT2D eigenvalue weighted by Crippen LogP contribution is 2.66. The van der Waals surface area contributed by atoms with Crippen LogP contribution in [0, 0.1) is 26.9 Å². The molecule has 3 rings (SSSR count). The van der Waals surface area contributed by atoms with Gasteiger partial charge in [-0.15, -0.1) is 0 Å². The molecule has 5 heteroatoms. The standard InChI is InChI=1S/C16H22N2O3/c1-15(2)10-7-8-16(15,3)13(9-10)21-12-6-4-5-11(17)14(12)18(19)20/h4-6,10,13H,7-9,17H2,1-3H3. The van der Waals surface area contributed by atoms with E-state index in [1.165, 1.54) is 12.5 Å². The highest BCUT2D eigenvalue weighted by atomic mass is 16.6. The molecule has 3 atom stereocenters. The smallest absolute Gasteiger partial charge is 0.333 e. The van der Waals surface area contributed by atoms with Gasteiger partial charge >= 0.3 is 5.69 Å². The maximum Gasteiger partial charge on any atom is 0.333 e. The second kappa shape index (κ2) is 4.36. The average molecular weight is 290 g/mol. The summed E-state index contributed by atoms with van der Waals surface area (Å²) in [5, 5.41) is 11.2. The van der Waals surface area contributed by atoms with Crippen molar-refractivity contribution in [3.63, 3.8) is 0 Å². The minimum atomic E-state index is -0.453. The molecule has 2 saturated carbocycles. The number of nitrogens with zero attached hydrogens (tertiary/aromatic N) is 1. The molecule has 2 aliphatic carbocycles. The molecule has 2 aliphatic rings. The van der Waals surface area contributed by atoms with Crippen LogP contribution in [-0.2, 0) is 0 Å². The molecule has 0 radical (unpaired) electrons. The van der Waals surface area contributed by atoms with Crippen molar-refractivity contribution in [1.29, 1.82) is 0 Å². The third kappa shape index (κ3) is 1.83. The Morgan fingerprint density at radius 3 is 2.62 bits per heavy atom. The number of nitro benzene ring substituents is 1. The summed E-state index contributed by atoms with van der Waals surface area (Å²) in [5.41, 5.74) is 6.07. The minimum Gasteiger partial charge on any atom is -0.483 e. The second-order valence-electron chi connectivity index (χ2n) is 7.17. The number of nitrogens with two attached hydrogens (primary N) is 1. The molecule has 0 amide bonds. The topological polar surface area (TPSA) is 78.4 Å². The summed E-state index contributed by atoms with van der Waals surface area (Å²) in [7, 11) is 0. The fourth-order valence-corrected chi connectivity index (χ4v) is 4.29. The summed E-state index contributed by atoms with van der Waals surface area (Å²) in [5.74, 6) is 0.933. The van der Waals surface area contributed by atoms with E-state index >= 15 is 0 Å². The van der Waals surface area contributed by atoms with Crippen molar-refractivity contribution in [3.8, 4) is 5.75 Å². The number of rotatable bonds is 3. The second-order valence-corrected chi connectivity index (χ2v) is 7.17. The van der Waals surface area contributed by atoms with Gasteiger partial charge in [0.2, 0.25) is 0 Å². The van der Waals surface area contributed by atoms with E-state index in [1.807, 2.05) is 0 Å². The van der Waals surface area contributed by atoms with Crippen molar-refractivity contribution >= 4 is 11.4 Å². The number of fused-ring (bicyclic) bond motifs is 2. The number of ether oxygens (including phenoxy) is 1. The van der Waals surface area contributed by atoms with Crippen LogP contribution in [0.2, 0.25) is 0 Å². The van der Waals surface area contributed by atoms with E-state index in [9.17, 15) is 10.1 Å². The van der Waals surface area contributed by atoms with Crippen molar-refractivity contribution < 1.29 is 9.66 Å². The Bertz CT molecular complexity index is 599. The molecule has 2 N–H and O–H groups in total. The van der Waals surface area contributed by atoms with Crippen LogP contribution in [0.5, 0.6) is 5.75 Å². The molecule has 5 nitrogen and oxygen atoms in total. The summed E-state index contributed by atoms with van der Waals surface area (Å²) < 4.78 is 6.10. The predicted molar refractivity (Wildman–Crippen MR) is 81.2 cm³/mol. The van der Waals surface area contributed by atoms with Crippen LogP contribution in [0.25, 0.3) is 0 Å². The molecule has 0 aromatic heterocycles. The van der Waals surface area contributed by atoms with Crippen LogP contribution >= 0.6 is 0 Å². The number of benzene rings is 1. The van der Waals surface area contributed by atoms with E-state index in [-0.39, 0.29) is 28.3 Å². The van der Waals surface area contributed by atoms with Gasteiger partial charge in [0.15, 0.2) is 5.75 Å². The highest BCUT2D eigenvalue weighted by molar-refractivity contribution is 5.65. The van der Waals surface area contributed by atoms with Crippen LogP contribution in [0.15, 0.2) is 18.2 Å². The Morgan fingerprint density at radius 1 is 1.38 bits per heavy atom. The average Bonchev–Trinajstić information content (AvgIpc) is 2.71. The van der Waals surface area contributed by atoms with E-state index in [1.54, 1.807) is 12.1 Å². The lowest BCUT2D eigenvalue weighted by atomic mass is 9.70. The summed E-state index contributed by atoms with van der Waals surface area (Å²) in [6, 6.07) is 4.90. The molecule has 21 heavy (non-hydrogen) atoms. The van der Waals surface area contributed by atoms with Gasteiger partial charge in [-0.25, -0.2) is 0 Å². The first kappa shape index (κ1) is 14.2. The van der Waals surface area contributed by atoms with Crippen molar-refractivity contribution in [2.45, 2.75) is 46.1 Å². The molecule has 3 unspecified atom stereocenters. The number of hydrogen-bond donors (Lipinski definition) is 1. The zero-order valence-corrected chi connectivity index (χ0v) is 12.8. The number of nitro groups is 1. The number of para-hydroxylation sites is 1.